The number of anilines is 2. The molecule has 3 amide bonds. The highest BCUT2D eigenvalue weighted by Crippen LogP contribution is 2.33. The molecule has 1 fully saturated rings. The van der Waals surface area contributed by atoms with E-state index in [9.17, 15) is 27.6 Å². The number of piperazine rings is 1. The lowest BCUT2D eigenvalue weighted by Gasteiger charge is -2.44. The number of ether oxygens (including phenoxy) is 1. The summed E-state index contributed by atoms with van der Waals surface area (Å²) in [6.07, 6.45) is -4.81. The molecule has 2 aliphatic rings. The molecule has 2 aromatic rings. The van der Waals surface area contributed by atoms with Crippen molar-refractivity contribution in [2.75, 3.05) is 36.4 Å². The molecule has 0 unspecified atom stereocenters. The van der Waals surface area contributed by atoms with Gasteiger partial charge in [0.1, 0.15) is 11.8 Å². The first-order valence-electron chi connectivity index (χ1n) is 12.1. The highest BCUT2D eigenvalue weighted by Gasteiger charge is 2.39. The topological polar surface area (TPSA) is 82.2 Å². The molecule has 198 valence electrons. The number of nitrogens with zero attached hydrogens (tertiary/aromatic N) is 3. The second kappa shape index (κ2) is 10.3. The van der Waals surface area contributed by atoms with Crippen LogP contribution >= 0.6 is 0 Å². The van der Waals surface area contributed by atoms with Gasteiger partial charge >= 0.3 is 6.36 Å². The maximum Gasteiger partial charge on any atom is 0.573 e. The van der Waals surface area contributed by atoms with Gasteiger partial charge in [-0.1, -0.05) is 26.0 Å². The van der Waals surface area contributed by atoms with Crippen molar-refractivity contribution in [3.63, 3.8) is 0 Å². The van der Waals surface area contributed by atoms with Crippen LogP contribution in [0.5, 0.6) is 5.75 Å². The zero-order chi connectivity index (χ0) is 26.9. The fourth-order valence-corrected chi connectivity index (χ4v) is 4.90. The van der Waals surface area contributed by atoms with Gasteiger partial charge in [-0.05, 0) is 49.2 Å². The average molecular weight is 519 g/mol. The Balaban J connectivity index is 1.46. The molecule has 0 aromatic heterocycles. The Kier molecular flexibility index (Phi) is 7.33. The second-order valence-corrected chi connectivity index (χ2v) is 9.59. The molecule has 37 heavy (non-hydrogen) atoms. The van der Waals surface area contributed by atoms with Crippen LogP contribution in [0.1, 0.15) is 31.1 Å². The Hall–Kier alpha value is -3.76. The van der Waals surface area contributed by atoms with E-state index in [0.29, 0.717) is 18.8 Å². The summed E-state index contributed by atoms with van der Waals surface area (Å²) < 4.78 is 41.1. The minimum atomic E-state index is -4.81. The molecule has 0 aliphatic carbocycles. The third kappa shape index (κ3) is 5.81. The van der Waals surface area contributed by atoms with Crippen molar-refractivity contribution in [2.45, 2.75) is 39.2 Å². The van der Waals surface area contributed by atoms with Gasteiger partial charge in [0.25, 0.3) is 5.91 Å². The molecule has 11 heteroatoms. The molecule has 2 heterocycles. The van der Waals surface area contributed by atoms with Crippen molar-refractivity contribution in [3.05, 3.63) is 54.1 Å². The largest absolute Gasteiger partial charge is 0.573 e. The van der Waals surface area contributed by atoms with E-state index in [-0.39, 0.29) is 48.3 Å². The number of amides is 3. The van der Waals surface area contributed by atoms with Gasteiger partial charge in [0, 0.05) is 31.2 Å². The molecule has 0 saturated carbocycles. The molecule has 0 bridgehead atoms. The van der Waals surface area contributed by atoms with Crippen LogP contribution in [-0.4, -0.2) is 72.1 Å². The monoisotopic (exact) mass is 518 g/mol. The van der Waals surface area contributed by atoms with Crippen LogP contribution in [0.15, 0.2) is 48.5 Å². The van der Waals surface area contributed by atoms with E-state index >= 15 is 0 Å². The number of hydrogen-bond acceptors (Lipinski definition) is 5. The number of carbonyl (C=O) groups excluding carboxylic acids is 3. The first kappa shape index (κ1) is 26.3. The average Bonchev–Trinajstić information content (AvgIpc) is 2.82. The van der Waals surface area contributed by atoms with E-state index in [0.717, 1.165) is 17.8 Å². The van der Waals surface area contributed by atoms with Crippen LogP contribution in [-0.2, 0) is 9.59 Å². The van der Waals surface area contributed by atoms with Crippen LogP contribution in [0, 0.1) is 5.92 Å². The number of para-hydroxylation sites is 2. The molecule has 2 aromatic carbocycles. The predicted octanol–water partition coefficient (Wildman–Crippen LogP) is 3.74. The van der Waals surface area contributed by atoms with Crippen molar-refractivity contribution in [3.8, 4) is 5.75 Å². The molecule has 2 aliphatic heterocycles. The first-order chi connectivity index (χ1) is 17.4. The summed E-state index contributed by atoms with van der Waals surface area (Å²) >= 11 is 0. The molecule has 1 saturated heterocycles. The number of benzene rings is 2. The summed E-state index contributed by atoms with van der Waals surface area (Å²) in [5.41, 5.74) is 1.68. The number of halogens is 3. The fraction of sp³-hybridized carbons (Fsp3) is 0.423. The van der Waals surface area contributed by atoms with Crippen molar-refractivity contribution >= 4 is 29.1 Å². The lowest BCUT2D eigenvalue weighted by molar-refractivity contribution is -0.274. The van der Waals surface area contributed by atoms with Gasteiger partial charge in [-0.25, -0.2) is 0 Å². The van der Waals surface area contributed by atoms with E-state index in [1.54, 1.807) is 15.9 Å². The normalized spacial score (nSPS) is 18.8. The number of nitrogens with one attached hydrogen (secondary N) is 1. The molecule has 0 spiro atoms. The molecular weight excluding hydrogens is 489 g/mol. The van der Waals surface area contributed by atoms with Gasteiger partial charge in [0.05, 0.1) is 17.9 Å². The number of alkyl halides is 3. The van der Waals surface area contributed by atoms with E-state index in [4.69, 9.17) is 0 Å². The zero-order valence-electron chi connectivity index (χ0n) is 20.8. The van der Waals surface area contributed by atoms with Crippen LogP contribution in [0.4, 0.5) is 24.5 Å². The van der Waals surface area contributed by atoms with Gasteiger partial charge in [-0.3, -0.25) is 14.4 Å². The smallest absolute Gasteiger partial charge is 0.406 e. The number of hydrogen-bond donors (Lipinski definition) is 1. The maximum absolute atomic E-state index is 13.7. The van der Waals surface area contributed by atoms with Crippen molar-refractivity contribution in [2.24, 2.45) is 5.92 Å². The van der Waals surface area contributed by atoms with E-state index in [1.165, 1.54) is 12.1 Å². The van der Waals surface area contributed by atoms with Crippen LogP contribution in [0.25, 0.3) is 0 Å². The Morgan fingerprint density at radius 2 is 1.73 bits per heavy atom. The van der Waals surface area contributed by atoms with Crippen LogP contribution < -0.4 is 15.0 Å². The lowest BCUT2D eigenvalue weighted by atomic mass is 9.97. The fourth-order valence-electron chi connectivity index (χ4n) is 4.90. The van der Waals surface area contributed by atoms with E-state index in [2.05, 4.69) is 10.1 Å². The number of fused-ring (bicyclic) bond motifs is 1. The minimum Gasteiger partial charge on any atom is -0.406 e. The molecular formula is C26H29F3N4O4. The van der Waals surface area contributed by atoms with Gasteiger partial charge in [0.2, 0.25) is 11.8 Å². The molecule has 4 rings (SSSR count). The van der Waals surface area contributed by atoms with Crippen molar-refractivity contribution < 1.29 is 32.3 Å². The lowest BCUT2D eigenvalue weighted by Crippen LogP contribution is -2.61. The minimum absolute atomic E-state index is 0.0631. The standard InChI is InChI=1S/C26H29F3N4O4/c1-16(2)23(33-15-22(34)30-20-6-4-5-7-21(20)33)25(36)31-12-13-32(17(3)14-31)24(35)18-8-10-19(11-9-18)37-26(27,28)29/h4-11,16-17,23H,12-15H2,1-3H3,(H,30,34)/t17-,23+/m1/s1. The van der Waals surface area contributed by atoms with E-state index < -0.39 is 18.2 Å². The predicted molar refractivity (Wildman–Crippen MR) is 131 cm³/mol. The quantitative estimate of drug-likeness (QED) is 0.652. The second-order valence-electron chi connectivity index (χ2n) is 9.59. The summed E-state index contributed by atoms with van der Waals surface area (Å²) in [6, 6.07) is 11.3. The molecule has 2 atom stereocenters. The van der Waals surface area contributed by atoms with Gasteiger partial charge in [0.15, 0.2) is 0 Å². The van der Waals surface area contributed by atoms with Gasteiger partial charge < -0.3 is 24.8 Å². The maximum atomic E-state index is 13.7. The van der Waals surface area contributed by atoms with Gasteiger partial charge in [-0.15, -0.1) is 13.2 Å². The first-order valence-corrected chi connectivity index (χ1v) is 12.1. The van der Waals surface area contributed by atoms with Crippen molar-refractivity contribution in [1.82, 2.24) is 9.80 Å². The third-order valence-corrected chi connectivity index (χ3v) is 6.56. The molecule has 0 radical (unpaired) electrons. The summed E-state index contributed by atoms with van der Waals surface area (Å²) in [5, 5.41) is 2.84. The Morgan fingerprint density at radius 3 is 2.35 bits per heavy atom. The van der Waals surface area contributed by atoms with Crippen LogP contribution in [0.3, 0.4) is 0 Å². The third-order valence-electron chi connectivity index (χ3n) is 6.56. The van der Waals surface area contributed by atoms with Gasteiger partial charge in [-0.2, -0.15) is 0 Å². The summed E-state index contributed by atoms with van der Waals surface area (Å²) in [4.78, 5) is 44.3. The zero-order valence-corrected chi connectivity index (χ0v) is 20.8. The highest BCUT2D eigenvalue weighted by atomic mass is 19.4. The SMILES string of the molecule is CC(C)[C@@H](C(=O)N1CCN(C(=O)c2ccc(OC(F)(F)F)cc2)[C@H](C)C1)N1CC(=O)Nc2ccccc21. The van der Waals surface area contributed by atoms with Crippen LogP contribution in [0.2, 0.25) is 0 Å². The number of rotatable bonds is 5. The van der Waals surface area contributed by atoms with Crippen molar-refractivity contribution in [1.29, 1.82) is 0 Å². The summed E-state index contributed by atoms with van der Waals surface area (Å²) in [6.45, 7) is 6.63. The Labute approximate surface area is 213 Å². The summed E-state index contributed by atoms with van der Waals surface area (Å²) in [7, 11) is 0. The summed E-state index contributed by atoms with van der Waals surface area (Å²) in [5.74, 6) is -1.13. The molecule has 8 nitrogen and oxygen atoms in total. The Morgan fingerprint density at radius 1 is 1.05 bits per heavy atom. The highest BCUT2D eigenvalue weighted by molar-refractivity contribution is 6.03. The molecule has 1 N–H and O–H groups in total. The Bertz CT molecular complexity index is 1170. The van der Waals surface area contributed by atoms with E-state index in [1.807, 2.05) is 43.9 Å². The number of carbonyl (C=O) groups is 3.